The van der Waals surface area contributed by atoms with Crippen molar-refractivity contribution >= 4 is 16.9 Å². The van der Waals surface area contributed by atoms with E-state index in [2.05, 4.69) is 15.2 Å². The summed E-state index contributed by atoms with van der Waals surface area (Å²) in [4.78, 5) is 4.08. The van der Waals surface area contributed by atoms with Crippen molar-refractivity contribution in [2.45, 2.75) is 6.54 Å². The maximum atomic E-state index is 13.6. The molecule has 2 heterocycles. The second-order valence-electron chi connectivity index (χ2n) is 4.54. The lowest BCUT2D eigenvalue weighted by atomic mass is 10.2. The van der Waals surface area contributed by atoms with E-state index in [1.54, 1.807) is 36.5 Å². The molecule has 0 aliphatic heterocycles. The number of H-pyrrole nitrogens is 1. The normalized spacial score (nSPS) is 10.8. The number of nitrogens with zero attached hydrogens (tertiary/aromatic N) is 3. The molecule has 0 aliphatic rings. The zero-order valence-corrected chi connectivity index (χ0v) is 11.0. The minimum atomic E-state index is -0.350. The van der Waals surface area contributed by atoms with E-state index >= 15 is 0 Å². The standard InChI is InChI=1S/C14H13FN6/c15-11-6-2-1-4-9(11)8-21(17)13(16)12-10-5-3-7-18-14(10)20-19-12/h1-7,16H,8,17H2,(H,18,19,20). The number of aromatic nitrogens is 3. The molecule has 2 aromatic heterocycles. The number of hydrazine groups is 1. The number of halogens is 1. The van der Waals surface area contributed by atoms with Gasteiger partial charge in [-0.15, -0.1) is 0 Å². The number of fused-ring (bicyclic) bond motifs is 1. The maximum Gasteiger partial charge on any atom is 0.181 e. The molecule has 0 unspecified atom stereocenters. The molecule has 6 nitrogen and oxygen atoms in total. The third-order valence-corrected chi connectivity index (χ3v) is 3.15. The Morgan fingerprint density at radius 1 is 1.29 bits per heavy atom. The van der Waals surface area contributed by atoms with Crippen molar-refractivity contribution in [2.24, 2.45) is 5.84 Å². The number of hydrogen-bond donors (Lipinski definition) is 3. The van der Waals surface area contributed by atoms with Gasteiger partial charge in [0.1, 0.15) is 11.5 Å². The highest BCUT2D eigenvalue weighted by atomic mass is 19.1. The first-order valence-corrected chi connectivity index (χ1v) is 6.30. The topological polar surface area (TPSA) is 94.7 Å². The summed E-state index contributed by atoms with van der Waals surface area (Å²) in [7, 11) is 0. The van der Waals surface area contributed by atoms with Crippen LogP contribution in [0.1, 0.15) is 11.3 Å². The molecule has 0 atom stereocenters. The van der Waals surface area contributed by atoms with Gasteiger partial charge in [0.15, 0.2) is 11.5 Å². The van der Waals surface area contributed by atoms with Crippen LogP contribution in [0.25, 0.3) is 11.0 Å². The summed E-state index contributed by atoms with van der Waals surface area (Å²) in [6.45, 7) is 0.0896. The van der Waals surface area contributed by atoms with Crippen LogP contribution in [0, 0.1) is 11.2 Å². The lowest BCUT2D eigenvalue weighted by Crippen LogP contribution is -2.37. The van der Waals surface area contributed by atoms with Crippen molar-refractivity contribution in [3.05, 3.63) is 59.7 Å². The van der Waals surface area contributed by atoms with Gasteiger partial charge in [-0.25, -0.2) is 15.2 Å². The van der Waals surface area contributed by atoms with Gasteiger partial charge in [-0.2, -0.15) is 5.10 Å². The highest BCUT2D eigenvalue weighted by Gasteiger charge is 2.16. The Labute approximate surface area is 119 Å². The Bertz CT molecular complexity index is 797. The van der Waals surface area contributed by atoms with Crippen LogP contribution in [-0.4, -0.2) is 26.0 Å². The molecule has 3 rings (SSSR count). The molecule has 3 aromatic rings. The summed E-state index contributed by atoms with van der Waals surface area (Å²) in [6.07, 6.45) is 1.62. The molecule has 0 radical (unpaired) electrons. The number of nitrogens with one attached hydrogen (secondary N) is 2. The van der Waals surface area contributed by atoms with Crippen molar-refractivity contribution in [3.8, 4) is 0 Å². The summed E-state index contributed by atoms with van der Waals surface area (Å²) in [6, 6.07) is 9.89. The van der Waals surface area contributed by atoms with Gasteiger partial charge in [-0.1, -0.05) is 18.2 Å². The van der Waals surface area contributed by atoms with E-state index < -0.39 is 0 Å². The lowest BCUT2D eigenvalue weighted by Gasteiger charge is -2.18. The average molecular weight is 284 g/mol. The minimum absolute atomic E-state index is 0.0220. The number of rotatable bonds is 3. The van der Waals surface area contributed by atoms with Gasteiger partial charge in [0, 0.05) is 17.1 Å². The molecular formula is C14H13FN6. The Morgan fingerprint density at radius 2 is 2.10 bits per heavy atom. The number of pyridine rings is 1. The summed E-state index contributed by atoms with van der Waals surface area (Å²) in [5.41, 5.74) is 1.39. The largest absolute Gasteiger partial charge is 0.289 e. The zero-order valence-electron chi connectivity index (χ0n) is 11.0. The molecular weight excluding hydrogens is 271 g/mol. The molecule has 21 heavy (non-hydrogen) atoms. The average Bonchev–Trinajstić information content (AvgIpc) is 2.92. The molecule has 0 amide bonds. The van der Waals surface area contributed by atoms with E-state index in [1.165, 1.54) is 11.1 Å². The van der Waals surface area contributed by atoms with Gasteiger partial charge < -0.3 is 0 Å². The Balaban J connectivity index is 1.86. The van der Waals surface area contributed by atoms with E-state index in [-0.39, 0.29) is 18.2 Å². The SMILES string of the molecule is N=C(c1[nH]nc2ncccc12)N(N)Cc1ccccc1F. The summed E-state index contributed by atoms with van der Waals surface area (Å²) >= 11 is 0. The van der Waals surface area contributed by atoms with Crippen LogP contribution >= 0.6 is 0 Å². The molecule has 0 fully saturated rings. The first-order chi connectivity index (χ1) is 10.2. The highest BCUT2D eigenvalue weighted by molar-refractivity contribution is 6.04. The predicted octanol–water partition coefficient (Wildman–Crippen LogP) is 1.80. The Morgan fingerprint density at radius 3 is 2.90 bits per heavy atom. The molecule has 0 saturated heterocycles. The van der Waals surface area contributed by atoms with E-state index in [4.69, 9.17) is 11.3 Å². The quantitative estimate of drug-likeness (QED) is 0.296. The monoisotopic (exact) mass is 284 g/mol. The fourth-order valence-electron chi connectivity index (χ4n) is 2.06. The number of benzene rings is 1. The fourth-order valence-corrected chi connectivity index (χ4v) is 2.06. The predicted molar refractivity (Wildman–Crippen MR) is 76.8 cm³/mol. The van der Waals surface area contributed by atoms with Crippen LogP contribution in [0.5, 0.6) is 0 Å². The second kappa shape index (κ2) is 5.29. The Hall–Kier alpha value is -2.80. The highest BCUT2D eigenvalue weighted by Crippen LogP contribution is 2.15. The van der Waals surface area contributed by atoms with Crippen LogP contribution < -0.4 is 5.84 Å². The van der Waals surface area contributed by atoms with Crippen molar-refractivity contribution in [3.63, 3.8) is 0 Å². The summed E-state index contributed by atoms with van der Waals surface area (Å²) in [5, 5.41) is 16.8. The number of hydrogen-bond acceptors (Lipinski definition) is 4. The molecule has 0 aliphatic carbocycles. The summed E-state index contributed by atoms with van der Waals surface area (Å²) < 4.78 is 13.6. The van der Waals surface area contributed by atoms with Crippen LogP contribution in [0.15, 0.2) is 42.6 Å². The fraction of sp³-hybridized carbons (Fsp3) is 0.0714. The first kappa shape index (κ1) is 13.2. The van der Waals surface area contributed by atoms with Gasteiger partial charge in [0.25, 0.3) is 0 Å². The van der Waals surface area contributed by atoms with Crippen molar-refractivity contribution in [1.29, 1.82) is 5.41 Å². The molecule has 0 saturated carbocycles. The first-order valence-electron chi connectivity index (χ1n) is 6.30. The molecule has 0 bridgehead atoms. The number of amidine groups is 1. The molecule has 1 aromatic carbocycles. The maximum absolute atomic E-state index is 13.6. The third kappa shape index (κ3) is 2.46. The van der Waals surface area contributed by atoms with Gasteiger partial charge >= 0.3 is 0 Å². The molecule has 4 N–H and O–H groups in total. The van der Waals surface area contributed by atoms with Gasteiger partial charge in [-0.05, 0) is 18.2 Å². The van der Waals surface area contributed by atoms with E-state index in [0.717, 1.165) is 0 Å². The van der Waals surface area contributed by atoms with Gasteiger partial charge in [-0.3, -0.25) is 15.5 Å². The van der Waals surface area contributed by atoms with Crippen molar-refractivity contribution in [1.82, 2.24) is 20.2 Å². The summed E-state index contributed by atoms with van der Waals surface area (Å²) in [5.74, 6) is 5.55. The number of aromatic amines is 1. The van der Waals surface area contributed by atoms with Crippen molar-refractivity contribution < 1.29 is 4.39 Å². The van der Waals surface area contributed by atoms with E-state index in [1.807, 2.05) is 0 Å². The van der Waals surface area contributed by atoms with Crippen LogP contribution in [0.2, 0.25) is 0 Å². The molecule has 0 spiro atoms. The minimum Gasteiger partial charge on any atom is -0.289 e. The van der Waals surface area contributed by atoms with Crippen LogP contribution in [0.4, 0.5) is 4.39 Å². The smallest absolute Gasteiger partial charge is 0.181 e. The van der Waals surface area contributed by atoms with Crippen molar-refractivity contribution in [2.75, 3.05) is 0 Å². The van der Waals surface area contributed by atoms with Crippen LogP contribution in [0.3, 0.4) is 0 Å². The zero-order chi connectivity index (χ0) is 14.8. The van der Waals surface area contributed by atoms with Crippen LogP contribution in [-0.2, 0) is 6.54 Å². The van der Waals surface area contributed by atoms with Gasteiger partial charge in [0.05, 0.1) is 6.54 Å². The van der Waals surface area contributed by atoms with Gasteiger partial charge in [0.2, 0.25) is 0 Å². The third-order valence-electron chi connectivity index (χ3n) is 3.15. The second-order valence-corrected chi connectivity index (χ2v) is 4.54. The number of nitrogens with two attached hydrogens (primary N) is 1. The van der Waals surface area contributed by atoms with E-state index in [0.29, 0.717) is 22.3 Å². The lowest BCUT2D eigenvalue weighted by molar-refractivity contribution is 0.419. The Kier molecular flexibility index (Phi) is 3.33. The molecule has 106 valence electrons. The molecule has 7 heteroatoms. The van der Waals surface area contributed by atoms with E-state index in [9.17, 15) is 4.39 Å².